The second-order valence-electron chi connectivity index (χ2n) is 11.6. The zero-order chi connectivity index (χ0) is 29.0. The lowest BCUT2D eigenvalue weighted by molar-refractivity contribution is -0.158. The van der Waals surface area contributed by atoms with E-state index in [1.807, 2.05) is 36.4 Å². The van der Waals surface area contributed by atoms with E-state index in [0.29, 0.717) is 18.7 Å². The molecule has 2 atom stereocenters. The standard InChI is InChI=1S/C30H39ClN2O6/c1-19(28(36)39-29(2,3)4)32-25(34)17-33-16-22-14-20(12-13-24(22)38-26(35)18-33)27(31)30(5,6)15-21-10-8-9-11-23(21)37-7/h8-14,19,27H,15-18H2,1-7H3,(H,32,34)/t19-,27?/m0/s1. The first-order valence-electron chi connectivity index (χ1n) is 13.0. The topological polar surface area (TPSA) is 94.2 Å². The van der Waals surface area contributed by atoms with Gasteiger partial charge in [-0.25, -0.2) is 4.79 Å². The molecule has 2 aromatic carbocycles. The van der Waals surface area contributed by atoms with Crippen LogP contribution in [0, 0.1) is 5.41 Å². The van der Waals surface area contributed by atoms with Crippen LogP contribution in [0.5, 0.6) is 11.5 Å². The van der Waals surface area contributed by atoms with Crippen LogP contribution in [0.1, 0.15) is 63.6 Å². The minimum absolute atomic E-state index is 0.0676. The highest BCUT2D eigenvalue weighted by atomic mass is 35.5. The summed E-state index contributed by atoms with van der Waals surface area (Å²) in [6.45, 7) is 11.2. The van der Waals surface area contributed by atoms with Crippen LogP contribution in [0.15, 0.2) is 42.5 Å². The molecule has 0 spiro atoms. The average molecular weight is 559 g/mol. The summed E-state index contributed by atoms with van der Waals surface area (Å²) in [5.74, 6) is -0.120. The number of esters is 2. The zero-order valence-electron chi connectivity index (χ0n) is 23.8. The van der Waals surface area contributed by atoms with Crippen molar-refractivity contribution in [2.75, 3.05) is 20.2 Å². The second-order valence-corrected chi connectivity index (χ2v) is 12.1. The number of hydrogen-bond donors (Lipinski definition) is 1. The normalized spacial score (nSPS) is 15.8. The Labute approximate surface area is 235 Å². The molecule has 9 heteroatoms. The van der Waals surface area contributed by atoms with Crippen molar-refractivity contribution in [3.63, 3.8) is 0 Å². The van der Waals surface area contributed by atoms with Crippen LogP contribution in [-0.4, -0.2) is 54.6 Å². The highest BCUT2D eigenvalue weighted by Gasteiger charge is 2.32. The van der Waals surface area contributed by atoms with Crippen LogP contribution in [-0.2, 0) is 32.1 Å². The predicted octanol–water partition coefficient (Wildman–Crippen LogP) is 4.81. The Kier molecular flexibility index (Phi) is 9.67. The summed E-state index contributed by atoms with van der Waals surface area (Å²) in [6, 6.07) is 12.6. The highest BCUT2D eigenvalue weighted by Crippen LogP contribution is 2.44. The third-order valence-electron chi connectivity index (χ3n) is 6.38. The largest absolute Gasteiger partial charge is 0.496 e. The fourth-order valence-corrected chi connectivity index (χ4v) is 4.76. The molecule has 8 nitrogen and oxygen atoms in total. The van der Waals surface area contributed by atoms with Gasteiger partial charge < -0.3 is 19.5 Å². The summed E-state index contributed by atoms with van der Waals surface area (Å²) in [4.78, 5) is 39.1. The van der Waals surface area contributed by atoms with Crippen molar-refractivity contribution < 1.29 is 28.6 Å². The fourth-order valence-electron chi connectivity index (χ4n) is 4.55. The molecule has 0 fully saturated rings. The van der Waals surface area contributed by atoms with Gasteiger partial charge in [-0.2, -0.15) is 0 Å². The molecule has 0 aliphatic carbocycles. The second kappa shape index (κ2) is 12.4. The van der Waals surface area contributed by atoms with E-state index in [9.17, 15) is 14.4 Å². The summed E-state index contributed by atoms with van der Waals surface area (Å²) in [5.41, 5.74) is 1.72. The molecule has 1 aliphatic heterocycles. The van der Waals surface area contributed by atoms with Gasteiger partial charge in [0, 0.05) is 12.1 Å². The SMILES string of the molecule is COc1ccccc1CC(C)(C)C(Cl)c1ccc2c(c1)CN(CC(=O)N[C@@H](C)C(=O)OC(C)(C)C)CC(=O)O2. The van der Waals surface area contributed by atoms with Crippen molar-refractivity contribution in [3.8, 4) is 11.5 Å². The van der Waals surface area contributed by atoms with Crippen molar-refractivity contribution in [2.24, 2.45) is 5.41 Å². The third-order valence-corrected chi connectivity index (χ3v) is 7.22. The Morgan fingerprint density at radius 3 is 2.46 bits per heavy atom. The van der Waals surface area contributed by atoms with Crippen molar-refractivity contribution in [3.05, 3.63) is 59.2 Å². The molecule has 1 heterocycles. The lowest BCUT2D eigenvalue weighted by atomic mass is 9.79. The number of nitrogens with one attached hydrogen (secondary N) is 1. The number of benzene rings is 2. The summed E-state index contributed by atoms with van der Waals surface area (Å²) in [7, 11) is 1.65. The number of rotatable bonds is 9. The van der Waals surface area contributed by atoms with E-state index in [-0.39, 0.29) is 23.9 Å². The lowest BCUT2D eigenvalue weighted by Gasteiger charge is -2.31. The number of carbonyl (C=O) groups excluding carboxylic acids is 3. The average Bonchev–Trinajstić information content (AvgIpc) is 2.98. The highest BCUT2D eigenvalue weighted by molar-refractivity contribution is 6.21. The smallest absolute Gasteiger partial charge is 0.328 e. The molecule has 2 aromatic rings. The predicted molar refractivity (Wildman–Crippen MR) is 150 cm³/mol. The maximum absolute atomic E-state index is 12.7. The number of alkyl halides is 1. The number of hydrogen-bond acceptors (Lipinski definition) is 7. The maximum atomic E-state index is 12.7. The minimum atomic E-state index is -0.822. The molecule has 0 bridgehead atoms. The maximum Gasteiger partial charge on any atom is 0.328 e. The Morgan fingerprint density at radius 1 is 1.10 bits per heavy atom. The van der Waals surface area contributed by atoms with Gasteiger partial charge in [0.05, 0.1) is 25.6 Å². The molecule has 0 aromatic heterocycles. The van der Waals surface area contributed by atoms with Gasteiger partial charge in [0.25, 0.3) is 0 Å². The first-order valence-corrected chi connectivity index (χ1v) is 13.5. The summed E-state index contributed by atoms with van der Waals surface area (Å²) in [6.07, 6.45) is 0.694. The summed E-state index contributed by atoms with van der Waals surface area (Å²) >= 11 is 7.04. The van der Waals surface area contributed by atoms with Crippen LogP contribution < -0.4 is 14.8 Å². The number of amides is 1. The van der Waals surface area contributed by atoms with E-state index in [1.54, 1.807) is 45.8 Å². The first kappa shape index (κ1) is 30.4. The Morgan fingerprint density at radius 2 is 1.79 bits per heavy atom. The van der Waals surface area contributed by atoms with Gasteiger partial charge in [0.2, 0.25) is 5.91 Å². The number of carbonyl (C=O) groups is 3. The van der Waals surface area contributed by atoms with E-state index in [4.69, 9.17) is 25.8 Å². The van der Waals surface area contributed by atoms with E-state index in [1.165, 1.54) is 0 Å². The van der Waals surface area contributed by atoms with Crippen molar-refractivity contribution in [1.29, 1.82) is 0 Å². The van der Waals surface area contributed by atoms with Gasteiger partial charge in [-0.15, -0.1) is 11.6 Å². The molecule has 1 N–H and O–H groups in total. The molecule has 1 unspecified atom stereocenters. The lowest BCUT2D eigenvalue weighted by Crippen LogP contribution is -2.46. The van der Waals surface area contributed by atoms with Crippen LogP contribution >= 0.6 is 11.6 Å². The molecule has 1 aliphatic rings. The molecule has 3 rings (SSSR count). The van der Waals surface area contributed by atoms with Crippen molar-refractivity contribution >= 4 is 29.4 Å². The number of fused-ring (bicyclic) bond motifs is 1. The van der Waals surface area contributed by atoms with E-state index in [0.717, 1.165) is 22.4 Å². The number of para-hydroxylation sites is 1. The first-order chi connectivity index (χ1) is 18.2. The summed E-state index contributed by atoms with van der Waals surface area (Å²) in [5, 5.41) is 2.30. The van der Waals surface area contributed by atoms with Crippen LogP contribution in [0.2, 0.25) is 0 Å². The molecule has 39 heavy (non-hydrogen) atoms. The molecular weight excluding hydrogens is 520 g/mol. The Bertz CT molecular complexity index is 1210. The number of nitrogens with zero attached hydrogens (tertiary/aromatic N) is 1. The van der Waals surface area contributed by atoms with E-state index < -0.39 is 29.5 Å². The zero-order valence-corrected chi connectivity index (χ0v) is 24.6. The molecule has 1 amide bonds. The molecule has 212 valence electrons. The van der Waals surface area contributed by atoms with Crippen LogP contribution in [0.25, 0.3) is 0 Å². The molecular formula is C30H39ClN2O6. The van der Waals surface area contributed by atoms with Gasteiger partial charge in [0.1, 0.15) is 23.1 Å². The third kappa shape index (κ3) is 8.44. The van der Waals surface area contributed by atoms with Crippen molar-refractivity contribution in [1.82, 2.24) is 10.2 Å². The van der Waals surface area contributed by atoms with Crippen molar-refractivity contribution in [2.45, 2.75) is 71.5 Å². The molecule has 0 saturated heterocycles. The monoisotopic (exact) mass is 558 g/mol. The van der Waals surface area contributed by atoms with Gasteiger partial charge in [0.15, 0.2) is 0 Å². The number of ether oxygens (including phenoxy) is 3. The Hall–Kier alpha value is -3.10. The van der Waals surface area contributed by atoms with Crippen LogP contribution in [0.3, 0.4) is 0 Å². The molecule has 0 radical (unpaired) electrons. The van der Waals surface area contributed by atoms with E-state index in [2.05, 4.69) is 19.2 Å². The summed E-state index contributed by atoms with van der Waals surface area (Å²) < 4.78 is 16.4. The molecule has 0 saturated carbocycles. The quantitative estimate of drug-likeness (QED) is 0.268. The van der Waals surface area contributed by atoms with E-state index >= 15 is 0 Å². The minimum Gasteiger partial charge on any atom is -0.496 e. The van der Waals surface area contributed by atoms with Gasteiger partial charge in [-0.3, -0.25) is 14.5 Å². The van der Waals surface area contributed by atoms with Gasteiger partial charge in [-0.1, -0.05) is 38.1 Å². The number of methoxy groups -OCH3 is 1. The number of halogens is 1. The Balaban J connectivity index is 1.73. The van der Waals surface area contributed by atoms with Gasteiger partial charge >= 0.3 is 11.9 Å². The van der Waals surface area contributed by atoms with Crippen LogP contribution in [0.4, 0.5) is 0 Å². The fraction of sp³-hybridized carbons (Fsp3) is 0.500. The van der Waals surface area contributed by atoms with Gasteiger partial charge in [-0.05, 0) is 68.9 Å².